The summed E-state index contributed by atoms with van der Waals surface area (Å²) < 4.78 is 0. The van der Waals surface area contributed by atoms with Gasteiger partial charge < -0.3 is 0 Å². The first kappa shape index (κ1) is 12.2. The second-order valence-electron chi connectivity index (χ2n) is 5.14. The van der Waals surface area contributed by atoms with Crippen molar-refractivity contribution < 1.29 is 0 Å². The fraction of sp³-hybridized carbons (Fsp3) is 0.600. The molecule has 0 heterocycles. The normalized spacial score (nSPS) is 26.2. The van der Waals surface area contributed by atoms with Crippen molar-refractivity contribution in [2.24, 2.45) is 0 Å². The van der Waals surface area contributed by atoms with Crippen molar-refractivity contribution in [3.63, 3.8) is 0 Å². The van der Waals surface area contributed by atoms with Gasteiger partial charge in [-0.25, -0.2) is 0 Å². The van der Waals surface area contributed by atoms with E-state index in [2.05, 4.69) is 54.9 Å². The van der Waals surface area contributed by atoms with E-state index in [-0.39, 0.29) is 0 Å². The summed E-state index contributed by atoms with van der Waals surface area (Å²) in [4.78, 5) is 0.572. The molecule has 16 heavy (non-hydrogen) atoms. The maximum absolute atomic E-state index is 3.82. The quantitative estimate of drug-likeness (QED) is 0.625. The minimum absolute atomic E-state index is 0.572. The zero-order valence-electron chi connectivity index (χ0n) is 10.5. The lowest BCUT2D eigenvalue weighted by Gasteiger charge is -2.27. The molecule has 0 nitrogen and oxygen atoms in total. The van der Waals surface area contributed by atoms with Gasteiger partial charge in [0, 0.05) is 4.83 Å². The first-order valence-electron chi connectivity index (χ1n) is 6.41. The molecule has 0 radical (unpaired) electrons. The Morgan fingerprint density at radius 2 is 2.06 bits per heavy atom. The van der Waals surface area contributed by atoms with E-state index in [0.717, 1.165) is 5.92 Å². The van der Waals surface area contributed by atoms with Crippen LogP contribution >= 0.6 is 15.9 Å². The molecule has 1 aliphatic carbocycles. The highest BCUT2D eigenvalue weighted by Crippen LogP contribution is 2.42. The maximum atomic E-state index is 3.82. The number of alkyl halides is 1. The molecule has 1 aliphatic rings. The number of hydrogen-bond donors (Lipinski definition) is 0. The van der Waals surface area contributed by atoms with Crippen LogP contribution in [0.5, 0.6) is 0 Å². The summed E-state index contributed by atoms with van der Waals surface area (Å²) in [6.45, 7) is 6.93. The van der Waals surface area contributed by atoms with Crippen molar-refractivity contribution in [3.8, 4) is 0 Å². The van der Waals surface area contributed by atoms with E-state index in [1.54, 1.807) is 5.56 Å². The number of benzene rings is 1. The smallest absolute Gasteiger partial charge is 0.0398 e. The van der Waals surface area contributed by atoms with E-state index < -0.39 is 0 Å². The highest BCUT2D eigenvalue weighted by atomic mass is 79.9. The molecular formula is C15H21Br. The molecule has 1 aromatic rings. The Morgan fingerprint density at radius 1 is 1.31 bits per heavy atom. The topological polar surface area (TPSA) is 0 Å². The SMILES string of the molecule is CCC(C)c1ccc2c(c1)C(Br)CCC2C. The first-order valence-corrected chi connectivity index (χ1v) is 7.32. The van der Waals surface area contributed by atoms with Crippen molar-refractivity contribution in [2.75, 3.05) is 0 Å². The Bertz CT molecular complexity index is 370. The molecule has 0 N–H and O–H groups in total. The van der Waals surface area contributed by atoms with Gasteiger partial charge in [0.1, 0.15) is 0 Å². The summed E-state index contributed by atoms with van der Waals surface area (Å²) in [6, 6.07) is 7.11. The molecule has 1 heteroatoms. The third-order valence-corrected chi connectivity index (χ3v) is 4.96. The summed E-state index contributed by atoms with van der Waals surface area (Å²) in [6.07, 6.45) is 3.81. The lowest BCUT2D eigenvalue weighted by atomic mass is 9.82. The fourth-order valence-corrected chi connectivity index (χ4v) is 3.22. The predicted octanol–water partition coefficient (Wildman–Crippen LogP) is 5.53. The predicted molar refractivity (Wildman–Crippen MR) is 74.5 cm³/mol. The zero-order chi connectivity index (χ0) is 11.7. The van der Waals surface area contributed by atoms with E-state index in [0.29, 0.717) is 10.7 Å². The lowest BCUT2D eigenvalue weighted by Crippen LogP contribution is -2.10. The molecular weight excluding hydrogens is 260 g/mol. The van der Waals surface area contributed by atoms with Crippen LogP contribution in [0.3, 0.4) is 0 Å². The molecule has 0 bridgehead atoms. The van der Waals surface area contributed by atoms with Crippen molar-refractivity contribution in [1.82, 2.24) is 0 Å². The van der Waals surface area contributed by atoms with Gasteiger partial charge in [-0.1, -0.05) is 54.9 Å². The number of rotatable bonds is 2. The third-order valence-electron chi connectivity index (χ3n) is 4.01. The highest BCUT2D eigenvalue weighted by Gasteiger charge is 2.23. The molecule has 88 valence electrons. The number of halogens is 1. The second kappa shape index (κ2) is 4.91. The van der Waals surface area contributed by atoms with Crippen LogP contribution in [0.25, 0.3) is 0 Å². The van der Waals surface area contributed by atoms with Gasteiger partial charge in [0.15, 0.2) is 0 Å². The summed E-state index contributed by atoms with van der Waals surface area (Å²) in [5.41, 5.74) is 4.59. The summed E-state index contributed by atoms with van der Waals surface area (Å²) in [7, 11) is 0. The molecule has 0 amide bonds. The van der Waals surface area contributed by atoms with E-state index in [9.17, 15) is 0 Å². The van der Waals surface area contributed by atoms with Gasteiger partial charge in [0.25, 0.3) is 0 Å². The van der Waals surface area contributed by atoms with Gasteiger partial charge in [0.05, 0.1) is 0 Å². The number of hydrogen-bond acceptors (Lipinski definition) is 0. The van der Waals surface area contributed by atoms with E-state index in [1.807, 2.05) is 0 Å². The Hall–Kier alpha value is -0.300. The van der Waals surface area contributed by atoms with Crippen LogP contribution in [0, 0.1) is 0 Å². The summed E-state index contributed by atoms with van der Waals surface area (Å²) >= 11 is 3.82. The number of fused-ring (bicyclic) bond motifs is 1. The van der Waals surface area contributed by atoms with E-state index in [4.69, 9.17) is 0 Å². The van der Waals surface area contributed by atoms with Crippen LogP contribution in [0.4, 0.5) is 0 Å². The average molecular weight is 281 g/mol. The lowest BCUT2D eigenvalue weighted by molar-refractivity contribution is 0.585. The molecule has 2 rings (SSSR count). The van der Waals surface area contributed by atoms with Crippen LogP contribution in [0.1, 0.15) is 73.4 Å². The van der Waals surface area contributed by atoms with E-state index >= 15 is 0 Å². The van der Waals surface area contributed by atoms with Crippen LogP contribution in [0.15, 0.2) is 18.2 Å². The molecule has 3 atom stereocenters. The fourth-order valence-electron chi connectivity index (χ4n) is 2.56. The maximum Gasteiger partial charge on any atom is 0.0398 e. The van der Waals surface area contributed by atoms with Crippen LogP contribution in [-0.4, -0.2) is 0 Å². The van der Waals surface area contributed by atoms with Crippen LogP contribution in [0.2, 0.25) is 0 Å². The molecule has 0 saturated heterocycles. The van der Waals surface area contributed by atoms with Gasteiger partial charge in [-0.2, -0.15) is 0 Å². The Balaban J connectivity index is 2.40. The standard InChI is InChI=1S/C15H21Br/c1-4-10(2)12-6-7-13-11(3)5-8-15(16)14(13)9-12/h6-7,9-11,15H,4-5,8H2,1-3H3. The minimum Gasteiger partial charge on any atom is -0.0839 e. The van der Waals surface area contributed by atoms with Crippen molar-refractivity contribution in [3.05, 3.63) is 34.9 Å². The molecule has 0 saturated carbocycles. The zero-order valence-corrected chi connectivity index (χ0v) is 12.0. The highest BCUT2D eigenvalue weighted by molar-refractivity contribution is 9.09. The van der Waals surface area contributed by atoms with E-state index in [1.165, 1.54) is 30.4 Å². The third kappa shape index (κ3) is 2.20. The monoisotopic (exact) mass is 280 g/mol. The van der Waals surface area contributed by atoms with Gasteiger partial charge in [-0.05, 0) is 47.8 Å². The Labute approximate surface area is 108 Å². The van der Waals surface area contributed by atoms with Crippen molar-refractivity contribution in [1.29, 1.82) is 0 Å². The molecule has 0 aliphatic heterocycles. The second-order valence-corrected chi connectivity index (χ2v) is 6.25. The molecule has 0 fully saturated rings. The average Bonchev–Trinajstić information content (AvgIpc) is 2.32. The first-order chi connectivity index (χ1) is 7.63. The Kier molecular flexibility index (Phi) is 3.73. The van der Waals surface area contributed by atoms with Crippen LogP contribution < -0.4 is 0 Å². The van der Waals surface area contributed by atoms with Gasteiger partial charge in [0.2, 0.25) is 0 Å². The van der Waals surface area contributed by atoms with Crippen LogP contribution in [-0.2, 0) is 0 Å². The largest absolute Gasteiger partial charge is 0.0839 e. The van der Waals surface area contributed by atoms with Gasteiger partial charge in [-0.15, -0.1) is 0 Å². The van der Waals surface area contributed by atoms with Gasteiger partial charge >= 0.3 is 0 Å². The molecule has 0 spiro atoms. The minimum atomic E-state index is 0.572. The summed E-state index contributed by atoms with van der Waals surface area (Å²) in [5.74, 6) is 1.41. The molecule has 3 unspecified atom stereocenters. The van der Waals surface area contributed by atoms with Gasteiger partial charge in [-0.3, -0.25) is 0 Å². The van der Waals surface area contributed by atoms with Crippen molar-refractivity contribution in [2.45, 2.75) is 56.7 Å². The summed E-state index contributed by atoms with van der Waals surface area (Å²) in [5, 5.41) is 0. The molecule has 0 aromatic heterocycles. The Morgan fingerprint density at radius 3 is 2.75 bits per heavy atom. The van der Waals surface area contributed by atoms with Crippen molar-refractivity contribution >= 4 is 15.9 Å². The molecule has 1 aromatic carbocycles.